The Hall–Kier alpha value is -2.19. The zero-order chi connectivity index (χ0) is 18.7. The SMILES string of the molecule is C[C@@H](CC(=O)NCc1cc2n(n1)CCN(S(C)(=O)=O)C2)c1ccccc1. The predicted octanol–water partition coefficient (Wildman–Crippen LogP) is 1.47. The van der Waals surface area contributed by atoms with Crippen LogP contribution in [0.5, 0.6) is 0 Å². The smallest absolute Gasteiger partial charge is 0.220 e. The van der Waals surface area contributed by atoms with Crippen LogP contribution in [0, 0.1) is 0 Å². The molecule has 8 heteroatoms. The molecule has 0 radical (unpaired) electrons. The van der Waals surface area contributed by atoms with Gasteiger partial charge < -0.3 is 5.32 Å². The van der Waals surface area contributed by atoms with Crippen molar-refractivity contribution in [2.75, 3.05) is 12.8 Å². The Morgan fingerprint density at radius 1 is 1.27 bits per heavy atom. The molecular formula is C18H24N4O3S. The summed E-state index contributed by atoms with van der Waals surface area (Å²) in [5.74, 6) is 0.125. The maximum atomic E-state index is 12.2. The highest BCUT2D eigenvalue weighted by Crippen LogP contribution is 2.19. The molecule has 7 nitrogen and oxygen atoms in total. The van der Waals surface area contributed by atoms with Crippen LogP contribution in [0.15, 0.2) is 36.4 Å². The number of carbonyl (C=O) groups excluding carboxylic acids is 1. The molecule has 0 saturated carbocycles. The molecule has 1 aliphatic rings. The molecule has 0 saturated heterocycles. The number of sulfonamides is 1. The number of hydrogen-bond donors (Lipinski definition) is 1. The summed E-state index contributed by atoms with van der Waals surface area (Å²) in [6, 6.07) is 11.8. The molecule has 1 aliphatic heterocycles. The summed E-state index contributed by atoms with van der Waals surface area (Å²) in [4.78, 5) is 12.2. The van der Waals surface area contributed by atoms with Crippen LogP contribution in [0.4, 0.5) is 0 Å². The molecule has 1 N–H and O–H groups in total. The normalized spacial score (nSPS) is 16.1. The van der Waals surface area contributed by atoms with E-state index >= 15 is 0 Å². The third-order valence-electron chi connectivity index (χ3n) is 4.61. The van der Waals surface area contributed by atoms with Crippen molar-refractivity contribution in [2.24, 2.45) is 0 Å². The van der Waals surface area contributed by atoms with Crippen molar-refractivity contribution in [1.29, 1.82) is 0 Å². The van der Waals surface area contributed by atoms with Crippen molar-refractivity contribution >= 4 is 15.9 Å². The first kappa shape index (κ1) is 18.6. The first-order valence-electron chi connectivity index (χ1n) is 8.65. The highest BCUT2D eigenvalue weighted by molar-refractivity contribution is 7.88. The minimum absolute atomic E-state index is 0.0231. The summed E-state index contributed by atoms with van der Waals surface area (Å²) >= 11 is 0. The van der Waals surface area contributed by atoms with Crippen molar-refractivity contribution in [3.63, 3.8) is 0 Å². The Morgan fingerprint density at radius 3 is 2.69 bits per heavy atom. The minimum Gasteiger partial charge on any atom is -0.350 e. The highest BCUT2D eigenvalue weighted by Gasteiger charge is 2.24. The number of nitrogens with one attached hydrogen (secondary N) is 1. The van der Waals surface area contributed by atoms with E-state index in [1.807, 2.05) is 48.0 Å². The molecule has 3 rings (SSSR count). The lowest BCUT2D eigenvalue weighted by Gasteiger charge is -2.25. The van der Waals surface area contributed by atoms with Crippen LogP contribution < -0.4 is 5.32 Å². The molecule has 0 fully saturated rings. The fourth-order valence-electron chi connectivity index (χ4n) is 3.11. The second kappa shape index (κ2) is 7.59. The Balaban J connectivity index is 1.54. The van der Waals surface area contributed by atoms with Crippen LogP contribution in [0.1, 0.15) is 36.2 Å². The zero-order valence-corrected chi connectivity index (χ0v) is 15.9. The van der Waals surface area contributed by atoms with E-state index < -0.39 is 10.0 Å². The maximum Gasteiger partial charge on any atom is 0.220 e. The zero-order valence-electron chi connectivity index (χ0n) is 15.1. The average molecular weight is 376 g/mol. The van der Waals surface area contributed by atoms with Crippen LogP contribution >= 0.6 is 0 Å². The van der Waals surface area contributed by atoms with Gasteiger partial charge in [-0.05, 0) is 17.5 Å². The van der Waals surface area contributed by atoms with Gasteiger partial charge in [0.15, 0.2) is 0 Å². The summed E-state index contributed by atoms with van der Waals surface area (Å²) < 4.78 is 26.6. The first-order valence-corrected chi connectivity index (χ1v) is 10.5. The number of benzene rings is 1. The van der Waals surface area contributed by atoms with E-state index in [9.17, 15) is 13.2 Å². The van der Waals surface area contributed by atoms with Gasteiger partial charge >= 0.3 is 0 Å². The lowest BCUT2D eigenvalue weighted by molar-refractivity contribution is -0.121. The summed E-state index contributed by atoms with van der Waals surface area (Å²) in [5.41, 5.74) is 2.74. The van der Waals surface area contributed by atoms with Gasteiger partial charge in [0.05, 0.1) is 37.3 Å². The van der Waals surface area contributed by atoms with Gasteiger partial charge in [0.2, 0.25) is 15.9 Å². The van der Waals surface area contributed by atoms with Crippen molar-refractivity contribution < 1.29 is 13.2 Å². The van der Waals surface area contributed by atoms with Crippen LogP contribution in [0.3, 0.4) is 0 Å². The Morgan fingerprint density at radius 2 is 2.00 bits per heavy atom. The standard InChI is InChI=1S/C18H24N4O3S/c1-14(15-6-4-3-5-7-15)10-18(23)19-12-16-11-17-13-21(26(2,24)25)8-9-22(17)20-16/h3-7,11,14H,8-10,12-13H2,1-2H3,(H,19,23)/t14-/m0/s1. The molecule has 0 bridgehead atoms. The van der Waals surface area contributed by atoms with Crippen LogP contribution in [-0.2, 0) is 34.5 Å². The van der Waals surface area contributed by atoms with E-state index in [0.29, 0.717) is 32.6 Å². The largest absolute Gasteiger partial charge is 0.350 e. The predicted molar refractivity (Wildman–Crippen MR) is 98.8 cm³/mol. The Kier molecular flexibility index (Phi) is 5.43. The molecule has 0 aliphatic carbocycles. The lowest BCUT2D eigenvalue weighted by Crippen LogP contribution is -2.37. The summed E-state index contributed by atoms with van der Waals surface area (Å²) in [5, 5.41) is 7.36. The van der Waals surface area contributed by atoms with E-state index in [2.05, 4.69) is 10.4 Å². The second-order valence-electron chi connectivity index (χ2n) is 6.74. The minimum atomic E-state index is -3.20. The van der Waals surface area contributed by atoms with Gasteiger partial charge in [-0.15, -0.1) is 0 Å². The van der Waals surface area contributed by atoms with E-state index in [0.717, 1.165) is 17.0 Å². The van der Waals surface area contributed by atoms with Gasteiger partial charge in [-0.2, -0.15) is 9.40 Å². The molecule has 140 valence electrons. The molecule has 1 amide bonds. The molecule has 1 atom stereocenters. The second-order valence-corrected chi connectivity index (χ2v) is 8.72. The molecule has 2 heterocycles. The van der Waals surface area contributed by atoms with Crippen molar-refractivity contribution in [3.8, 4) is 0 Å². The number of nitrogens with zero attached hydrogens (tertiary/aromatic N) is 3. The van der Waals surface area contributed by atoms with Gasteiger partial charge in [-0.25, -0.2) is 8.42 Å². The monoisotopic (exact) mass is 376 g/mol. The molecule has 2 aromatic rings. The quantitative estimate of drug-likeness (QED) is 0.827. The number of aromatic nitrogens is 2. The van der Waals surface area contributed by atoms with Gasteiger partial charge in [0.1, 0.15) is 0 Å². The third kappa shape index (κ3) is 4.50. The molecule has 1 aromatic carbocycles. The summed E-state index contributed by atoms with van der Waals surface area (Å²) in [7, 11) is -3.20. The number of rotatable bonds is 6. The average Bonchev–Trinajstić information content (AvgIpc) is 3.02. The fourth-order valence-corrected chi connectivity index (χ4v) is 3.89. The molecule has 26 heavy (non-hydrogen) atoms. The van der Waals surface area contributed by atoms with Gasteiger partial charge in [-0.1, -0.05) is 37.3 Å². The maximum absolute atomic E-state index is 12.2. The van der Waals surface area contributed by atoms with Crippen molar-refractivity contribution in [2.45, 2.75) is 38.9 Å². The molecule has 0 spiro atoms. The van der Waals surface area contributed by atoms with E-state index in [1.54, 1.807) is 0 Å². The van der Waals surface area contributed by atoms with Gasteiger partial charge in [-0.3, -0.25) is 9.48 Å². The third-order valence-corrected chi connectivity index (χ3v) is 5.86. The number of fused-ring (bicyclic) bond motifs is 1. The summed E-state index contributed by atoms with van der Waals surface area (Å²) in [6.07, 6.45) is 1.63. The van der Waals surface area contributed by atoms with Crippen molar-refractivity contribution in [3.05, 3.63) is 53.3 Å². The summed E-state index contributed by atoms with van der Waals surface area (Å²) in [6.45, 7) is 3.66. The molecular weight excluding hydrogens is 352 g/mol. The topological polar surface area (TPSA) is 84.3 Å². The van der Waals surface area contributed by atoms with Gasteiger partial charge in [0, 0.05) is 13.0 Å². The van der Waals surface area contributed by atoms with E-state index in [-0.39, 0.29) is 11.8 Å². The molecule has 0 unspecified atom stereocenters. The van der Waals surface area contributed by atoms with Crippen molar-refractivity contribution in [1.82, 2.24) is 19.4 Å². The lowest BCUT2D eigenvalue weighted by atomic mass is 9.97. The number of carbonyl (C=O) groups is 1. The highest BCUT2D eigenvalue weighted by atomic mass is 32.2. The Labute approximate surface area is 154 Å². The van der Waals surface area contributed by atoms with Crippen LogP contribution in [0.25, 0.3) is 0 Å². The van der Waals surface area contributed by atoms with E-state index in [1.165, 1.54) is 10.6 Å². The number of hydrogen-bond acceptors (Lipinski definition) is 4. The fraction of sp³-hybridized carbons (Fsp3) is 0.444. The van der Waals surface area contributed by atoms with E-state index in [4.69, 9.17) is 0 Å². The van der Waals surface area contributed by atoms with Gasteiger partial charge in [0.25, 0.3) is 0 Å². The first-order chi connectivity index (χ1) is 12.3. The Bertz CT molecular complexity index is 877. The van der Waals surface area contributed by atoms with Crippen LogP contribution in [0.2, 0.25) is 0 Å². The number of amides is 1. The van der Waals surface area contributed by atoms with Crippen LogP contribution in [-0.4, -0.2) is 41.2 Å². The molecule has 1 aromatic heterocycles.